The van der Waals surface area contributed by atoms with Gasteiger partial charge in [0.15, 0.2) is 0 Å². The van der Waals surface area contributed by atoms with E-state index in [9.17, 15) is 9.59 Å². The zero-order valence-corrected chi connectivity index (χ0v) is 14.4. The van der Waals surface area contributed by atoms with E-state index in [2.05, 4.69) is 19.2 Å². The fourth-order valence-electron chi connectivity index (χ4n) is 1.98. The van der Waals surface area contributed by atoms with Crippen molar-refractivity contribution < 1.29 is 14.7 Å². The van der Waals surface area contributed by atoms with Gasteiger partial charge in [0.25, 0.3) is 0 Å². The maximum absolute atomic E-state index is 12.0. The summed E-state index contributed by atoms with van der Waals surface area (Å²) in [7, 11) is 0. The summed E-state index contributed by atoms with van der Waals surface area (Å²) in [5, 5.41) is 11.8. The zero-order valence-electron chi connectivity index (χ0n) is 12.3. The van der Waals surface area contributed by atoms with Crippen LogP contribution in [0, 0.1) is 8.99 Å². The predicted octanol–water partition coefficient (Wildman–Crippen LogP) is 3.08. The Morgan fingerprint density at radius 1 is 1.33 bits per heavy atom. The van der Waals surface area contributed by atoms with Crippen LogP contribution in [0.1, 0.15) is 43.5 Å². The Balaban J connectivity index is 2.69. The van der Waals surface area contributed by atoms with E-state index in [1.165, 1.54) is 6.07 Å². The molecule has 0 unspecified atom stereocenters. The van der Waals surface area contributed by atoms with Gasteiger partial charge in [-0.1, -0.05) is 13.8 Å². The van der Waals surface area contributed by atoms with Gasteiger partial charge in [-0.15, -0.1) is 0 Å². The Hall–Kier alpha value is -1.15. The van der Waals surface area contributed by atoms with E-state index in [1.807, 2.05) is 22.6 Å². The number of hydrogen-bond acceptors (Lipinski definition) is 3. The van der Waals surface area contributed by atoms with E-state index in [4.69, 9.17) is 10.8 Å². The highest BCUT2D eigenvalue weighted by atomic mass is 127. The van der Waals surface area contributed by atoms with Gasteiger partial charge in [-0.05, 0) is 65.6 Å². The lowest BCUT2D eigenvalue weighted by molar-refractivity contribution is -0.116. The van der Waals surface area contributed by atoms with E-state index < -0.39 is 5.97 Å². The fraction of sp³-hybridized carbons (Fsp3) is 0.467. The van der Waals surface area contributed by atoms with Crippen LogP contribution in [0.15, 0.2) is 18.2 Å². The second kappa shape index (κ2) is 7.74. The summed E-state index contributed by atoms with van der Waals surface area (Å²) in [5.74, 6) is -1.23. The molecule has 0 heterocycles. The van der Waals surface area contributed by atoms with E-state index in [1.54, 1.807) is 12.1 Å². The molecule has 0 aliphatic carbocycles. The van der Waals surface area contributed by atoms with Crippen LogP contribution in [0.2, 0.25) is 0 Å². The van der Waals surface area contributed by atoms with Crippen LogP contribution in [-0.4, -0.2) is 23.5 Å². The molecule has 1 aromatic carbocycles. The molecule has 6 heteroatoms. The molecule has 116 valence electrons. The fourth-order valence-corrected chi connectivity index (χ4v) is 2.47. The summed E-state index contributed by atoms with van der Waals surface area (Å²) < 4.78 is 0.812. The van der Waals surface area contributed by atoms with Crippen molar-refractivity contribution in [3.8, 4) is 0 Å². The van der Waals surface area contributed by atoms with Gasteiger partial charge in [-0.2, -0.15) is 0 Å². The number of nitrogens with two attached hydrogens (primary N) is 1. The number of anilines is 1. The molecule has 1 amide bonds. The number of carbonyl (C=O) groups excluding carboxylic acids is 1. The molecule has 21 heavy (non-hydrogen) atoms. The third-order valence-corrected chi connectivity index (χ3v) is 4.01. The first-order chi connectivity index (χ1) is 9.75. The molecule has 4 N–H and O–H groups in total. The Morgan fingerprint density at radius 2 is 2.00 bits per heavy atom. The molecule has 1 aromatic rings. The van der Waals surface area contributed by atoms with Crippen molar-refractivity contribution in [3.05, 3.63) is 27.3 Å². The van der Waals surface area contributed by atoms with Crippen molar-refractivity contribution in [2.45, 2.75) is 33.1 Å². The van der Waals surface area contributed by atoms with Gasteiger partial charge >= 0.3 is 5.97 Å². The molecule has 0 aromatic heterocycles. The molecule has 0 saturated carbocycles. The number of rotatable bonds is 7. The van der Waals surface area contributed by atoms with Crippen LogP contribution in [-0.2, 0) is 4.79 Å². The molecule has 0 atom stereocenters. The number of halogens is 1. The van der Waals surface area contributed by atoms with Gasteiger partial charge < -0.3 is 16.2 Å². The number of aromatic carboxylic acids is 1. The van der Waals surface area contributed by atoms with E-state index in [0.717, 1.165) is 9.99 Å². The van der Waals surface area contributed by atoms with Crippen LogP contribution in [0.4, 0.5) is 5.69 Å². The van der Waals surface area contributed by atoms with Crippen molar-refractivity contribution in [3.63, 3.8) is 0 Å². The Kier molecular flexibility index (Phi) is 6.60. The molecular weight excluding hydrogens is 383 g/mol. The van der Waals surface area contributed by atoms with Gasteiger partial charge in [0.1, 0.15) is 0 Å². The molecule has 5 nitrogen and oxygen atoms in total. The van der Waals surface area contributed by atoms with Gasteiger partial charge in [-0.25, -0.2) is 4.79 Å². The highest BCUT2D eigenvalue weighted by Gasteiger charge is 2.19. The number of nitrogens with one attached hydrogen (secondary N) is 1. The Bertz CT molecular complexity index is 530. The largest absolute Gasteiger partial charge is 0.478 e. The SMILES string of the molecule is CC(C)(CCN)CCC(=O)Nc1ccc(I)cc1C(=O)O. The quantitative estimate of drug-likeness (QED) is 0.609. The first kappa shape index (κ1) is 17.9. The summed E-state index contributed by atoms with van der Waals surface area (Å²) >= 11 is 2.04. The maximum Gasteiger partial charge on any atom is 0.337 e. The summed E-state index contributed by atoms with van der Waals surface area (Å²) in [6.07, 6.45) is 1.91. The molecule has 0 aliphatic rings. The van der Waals surface area contributed by atoms with Crippen LogP contribution in [0.3, 0.4) is 0 Å². The number of carbonyl (C=O) groups is 2. The average Bonchev–Trinajstić information content (AvgIpc) is 2.38. The van der Waals surface area contributed by atoms with E-state index in [0.29, 0.717) is 25.1 Å². The van der Waals surface area contributed by atoms with E-state index in [-0.39, 0.29) is 16.9 Å². The number of benzene rings is 1. The standard InChI is InChI=1S/C15H21IN2O3/c1-15(2,7-8-17)6-5-13(19)18-12-4-3-10(16)9-11(12)14(20)21/h3-4,9H,5-8,17H2,1-2H3,(H,18,19)(H,20,21). The number of hydrogen-bond donors (Lipinski definition) is 3. The third kappa shape index (κ3) is 6.01. The molecule has 0 spiro atoms. The average molecular weight is 404 g/mol. The second-order valence-corrected chi connectivity index (χ2v) is 6.99. The number of amides is 1. The smallest absolute Gasteiger partial charge is 0.337 e. The Labute approximate surface area is 138 Å². The highest BCUT2D eigenvalue weighted by Crippen LogP contribution is 2.26. The molecule has 0 radical (unpaired) electrons. The Morgan fingerprint density at radius 3 is 2.57 bits per heavy atom. The lowest BCUT2D eigenvalue weighted by atomic mass is 9.84. The third-order valence-electron chi connectivity index (χ3n) is 3.34. The number of carboxylic acids is 1. The molecule has 0 bridgehead atoms. The summed E-state index contributed by atoms with van der Waals surface area (Å²) in [6.45, 7) is 4.73. The summed E-state index contributed by atoms with van der Waals surface area (Å²) in [5.41, 5.74) is 6.00. The van der Waals surface area contributed by atoms with Gasteiger partial charge in [-0.3, -0.25) is 4.79 Å². The molecule has 1 rings (SSSR count). The van der Waals surface area contributed by atoms with Crippen molar-refractivity contribution in [2.24, 2.45) is 11.1 Å². The van der Waals surface area contributed by atoms with Gasteiger partial charge in [0, 0.05) is 9.99 Å². The molecule has 0 fully saturated rings. The lowest BCUT2D eigenvalue weighted by Crippen LogP contribution is -2.21. The summed E-state index contributed by atoms with van der Waals surface area (Å²) in [4.78, 5) is 23.2. The highest BCUT2D eigenvalue weighted by molar-refractivity contribution is 14.1. The topological polar surface area (TPSA) is 92.4 Å². The van der Waals surface area contributed by atoms with Gasteiger partial charge in [0.2, 0.25) is 5.91 Å². The van der Waals surface area contributed by atoms with Crippen LogP contribution in [0.5, 0.6) is 0 Å². The monoisotopic (exact) mass is 404 g/mol. The minimum Gasteiger partial charge on any atom is -0.478 e. The second-order valence-electron chi connectivity index (χ2n) is 5.75. The molecule has 0 aliphatic heterocycles. The van der Waals surface area contributed by atoms with Crippen molar-refractivity contribution in [2.75, 3.05) is 11.9 Å². The van der Waals surface area contributed by atoms with Crippen LogP contribution >= 0.6 is 22.6 Å². The number of carboxylic acid groups (broad SMARTS) is 1. The summed E-state index contributed by atoms with van der Waals surface area (Å²) in [6, 6.07) is 4.92. The van der Waals surface area contributed by atoms with Crippen molar-refractivity contribution in [1.82, 2.24) is 0 Å². The van der Waals surface area contributed by atoms with Crippen molar-refractivity contribution in [1.29, 1.82) is 0 Å². The lowest BCUT2D eigenvalue weighted by Gasteiger charge is -2.23. The zero-order chi connectivity index (χ0) is 16.0. The van der Waals surface area contributed by atoms with Crippen LogP contribution in [0.25, 0.3) is 0 Å². The minimum atomic E-state index is -1.05. The normalized spacial score (nSPS) is 11.2. The van der Waals surface area contributed by atoms with Gasteiger partial charge in [0.05, 0.1) is 11.3 Å². The minimum absolute atomic E-state index is 0.00772. The maximum atomic E-state index is 12.0. The van der Waals surface area contributed by atoms with E-state index >= 15 is 0 Å². The predicted molar refractivity (Wildman–Crippen MR) is 91.4 cm³/mol. The first-order valence-corrected chi connectivity index (χ1v) is 7.86. The van der Waals surface area contributed by atoms with Crippen LogP contribution < -0.4 is 11.1 Å². The molecule has 0 saturated heterocycles. The first-order valence-electron chi connectivity index (χ1n) is 6.78. The molecular formula is C15H21IN2O3. The van der Waals surface area contributed by atoms with Crippen molar-refractivity contribution >= 4 is 40.2 Å².